The van der Waals surface area contributed by atoms with Gasteiger partial charge in [0.1, 0.15) is 17.2 Å². The quantitative estimate of drug-likeness (QED) is 0.779. The summed E-state index contributed by atoms with van der Waals surface area (Å²) in [4.78, 5) is 7.76. The van der Waals surface area contributed by atoms with Gasteiger partial charge in [0.15, 0.2) is 0 Å². The molecule has 18 heavy (non-hydrogen) atoms. The Bertz CT molecular complexity index is 503. The fraction of sp³-hybridized carbons (Fsp3) is 0.231. The molecule has 0 amide bonds. The molecule has 0 aliphatic carbocycles. The van der Waals surface area contributed by atoms with E-state index >= 15 is 0 Å². The summed E-state index contributed by atoms with van der Waals surface area (Å²) in [6.07, 6.45) is 2.25. The fourth-order valence-electron chi connectivity index (χ4n) is 1.44. The van der Waals surface area contributed by atoms with Crippen LogP contribution in [-0.4, -0.2) is 23.7 Å². The van der Waals surface area contributed by atoms with Gasteiger partial charge in [-0.2, -0.15) is 0 Å². The van der Waals surface area contributed by atoms with Crippen LogP contribution in [-0.2, 0) is 11.2 Å². The molecule has 94 valence electrons. The van der Waals surface area contributed by atoms with Gasteiger partial charge in [-0.05, 0) is 24.1 Å². The van der Waals surface area contributed by atoms with Gasteiger partial charge in [0.2, 0.25) is 5.88 Å². The molecule has 0 unspecified atom stereocenters. The van der Waals surface area contributed by atoms with E-state index in [9.17, 15) is 0 Å². The lowest BCUT2D eigenvalue weighted by Gasteiger charge is -2.05. The molecular formula is C13H13ClN2O2. The molecule has 0 fully saturated rings. The molecule has 4 nitrogen and oxygen atoms in total. The van der Waals surface area contributed by atoms with Crippen LogP contribution in [0.4, 0.5) is 0 Å². The maximum Gasteiger partial charge on any atom is 0.223 e. The van der Waals surface area contributed by atoms with Crippen LogP contribution < -0.4 is 4.74 Å². The van der Waals surface area contributed by atoms with Crippen molar-refractivity contribution in [2.45, 2.75) is 6.42 Å². The van der Waals surface area contributed by atoms with Crippen molar-refractivity contribution < 1.29 is 9.47 Å². The van der Waals surface area contributed by atoms with Crippen LogP contribution in [0.5, 0.6) is 11.6 Å². The maximum atomic E-state index is 5.75. The minimum Gasteiger partial charge on any atom is -0.439 e. The second-order valence-corrected chi connectivity index (χ2v) is 4.06. The van der Waals surface area contributed by atoms with Crippen molar-refractivity contribution in [2.24, 2.45) is 0 Å². The Morgan fingerprint density at radius 3 is 2.61 bits per heavy atom. The molecule has 0 saturated heterocycles. The van der Waals surface area contributed by atoms with Gasteiger partial charge in [0.05, 0.1) is 6.61 Å². The minimum atomic E-state index is 0.358. The maximum absolute atomic E-state index is 5.75. The molecule has 0 atom stereocenters. The lowest BCUT2D eigenvalue weighted by atomic mass is 10.1. The predicted molar refractivity (Wildman–Crippen MR) is 69.1 cm³/mol. The molecule has 1 heterocycles. The van der Waals surface area contributed by atoms with Crippen molar-refractivity contribution in [1.82, 2.24) is 9.97 Å². The van der Waals surface area contributed by atoms with Crippen molar-refractivity contribution in [3.63, 3.8) is 0 Å². The highest BCUT2D eigenvalue weighted by molar-refractivity contribution is 6.29. The third-order valence-corrected chi connectivity index (χ3v) is 2.56. The molecule has 5 heteroatoms. The van der Waals surface area contributed by atoms with Gasteiger partial charge >= 0.3 is 0 Å². The largest absolute Gasteiger partial charge is 0.439 e. The first kappa shape index (κ1) is 12.8. The Hall–Kier alpha value is -1.65. The van der Waals surface area contributed by atoms with E-state index in [4.69, 9.17) is 21.1 Å². The lowest BCUT2D eigenvalue weighted by Crippen LogP contribution is -1.94. The summed E-state index contributed by atoms with van der Waals surface area (Å²) in [5, 5.41) is 0.358. The summed E-state index contributed by atoms with van der Waals surface area (Å²) in [5.41, 5.74) is 1.20. The van der Waals surface area contributed by atoms with E-state index in [0.717, 1.165) is 6.42 Å². The summed E-state index contributed by atoms with van der Waals surface area (Å²) in [5.74, 6) is 1.14. The molecule has 1 aromatic carbocycles. The molecule has 0 radical (unpaired) electrons. The number of hydrogen-bond acceptors (Lipinski definition) is 4. The molecule has 2 aromatic rings. The van der Waals surface area contributed by atoms with E-state index in [2.05, 4.69) is 9.97 Å². The number of halogens is 1. The molecule has 0 N–H and O–H groups in total. The van der Waals surface area contributed by atoms with Gasteiger partial charge in [-0.1, -0.05) is 23.7 Å². The standard InChI is InChI=1S/C13H13ClN2O2/c1-17-7-6-10-2-4-11(5-3-10)18-13-8-12(14)15-9-16-13/h2-5,8-9H,6-7H2,1H3. The SMILES string of the molecule is COCCc1ccc(Oc2cc(Cl)ncn2)cc1. The van der Waals surface area contributed by atoms with Crippen molar-refractivity contribution >= 4 is 11.6 Å². The summed E-state index contributed by atoms with van der Waals surface area (Å²) < 4.78 is 10.6. The van der Waals surface area contributed by atoms with Crippen molar-refractivity contribution in [3.05, 3.63) is 47.4 Å². The Morgan fingerprint density at radius 1 is 1.17 bits per heavy atom. The number of rotatable bonds is 5. The molecule has 1 aromatic heterocycles. The van der Waals surface area contributed by atoms with Crippen LogP contribution in [0, 0.1) is 0 Å². The normalized spacial score (nSPS) is 10.3. The third kappa shape index (κ3) is 3.68. The van der Waals surface area contributed by atoms with Crippen LogP contribution in [0.25, 0.3) is 0 Å². The van der Waals surface area contributed by atoms with Crippen LogP contribution in [0.15, 0.2) is 36.7 Å². The molecule has 2 rings (SSSR count). The van der Waals surface area contributed by atoms with Gasteiger partial charge < -0.3 is 9.47 Å². The van der Waals surface area contributed by atoms with Gasteiger partial charge in [0.25, 0.3) is 0 Å². The van der Waals surface area contributed by atoms with E-state index < -0.39 is 0 Å². The third-order valence-electron chi connectivity index (χ3n) is 2.35. The highest BCUT2D eigenvalue weighted by Gasteiger charge is 2.00. The molecule has 0 bridgehead atoms. The van der Waals surface area contributed by atoms with Crippen molar-refractivity contribution in [1.29, 1.82) is 0 Å². The van der Waals surface area contributed by atoms with Crippen molar-refractivity contribution in [2.75, 3.05) is 13.7 Å². The van der Waals surface area contributed by atoms with Gasteiger partial charge in [-0.15, -0.1) is 0 Å². The monoisotopic (exact) mass is 264 g/mol. The lowest BCUT2D eigenvalue weighted by molar-refractivity contribution is 0.202. The highest BCUT2D eigenvalue weighted by Crippen LogP contribution is 2.21. The topological polar surface area (TPSA) is 44.2 Å². The van der Waals surface area contributed by atoms with E-state index in [-0.39, 0.29) is 0 Å². The summed E-state index contributed by atoms with van der Waals surface area (Å²) in [7, 11) is 1.69. The molecule has 0 aliphatic heterocycles. The van der Waals surface area contributed by atoms with Gasteiger partial charge in [0, 0.05) is 13.2 Å². The Labute approximate surface area is 111 Å². The summed E-state index contributed by atoms with van der Waals surface area (Å²) in [6.45, 7) is 0.710. The number of methoxy groups -OCH3 is 1. The zero-order valence-electron chi connectivity index (χ0n) is 9.97. The van der Waals surface area contributed by atoms with E-state index in [1.165, 1.54) is 11.9 Å². The van der Waals surface area contributed by atoms with Crippen molar-refractivity contribution in [3.8, 4) is 11.6 Å². The van der Waals surface area contributed by atoms with Crippen LogP contribution in [0.1, 0.15) is 5.56 Å². The first-order chi connectivity index (χ1) is 8.78. The molecule has 0 spiro atoms. The number of hydrogen-bond donors (Lipinski definition) is 0. The van der Waals surface area contributed by atoms with Crippen LogP contribution in [0.3, 0.4) is 0 Å². The fourth-order valence-corrected chi connectivity index (χ4v) is 1.57. The summed E-state index contributed by atoms with van der Waals surface area (Å²) >= 11 is 5.75. The highest BCUT2D eigenvalue weighted by atomic mass is 35.5. The number of nitrogens with zero attached hydrogens (tertiary/aromatic N) is 2. The van der Waals surface area contributed by atoms with E-state index in [0.29, 0.717) is 23.4 Å². The molecular weight excluding hydrogens is 252 g/mol. The molecule has 0 aliphatic rings. The Kier molecular flexibility index (Phi) is 4.50. The molecule has 0 saturated carbocycles. The number of benzene rings is 1. The van der Waals surface area contributed by atoms with E-state index in [1.54, 1.807) is 13.2 Å². The zero-order valence-corrected chi connectivity index (χ0v) is 10.7. The van der Waals surface area contributed by atoms with E-state index in [1.807, 2.05) is 24.3 Å². The smallest absolute Gasteiger partial charge is 0.223 e. The van der Waals surface area contributed by atoms with Gasteiger partial charge in [-0.25, -0.2) is 9.97 Å². The van der Waals surface area contributed by atoms with Gasteiger partial charge in [-0.3, -0.25) is 0 Å². The average Bonchev–Trinajstić information content (AvgIpc) is 2.38. The minimum absolute atomic E-state index is 0.358. The predicted octanol–water partition coefficient (Wildman–Crippen LogP) is 3.11. The van der Waals surface area contributed by atoms with Crippen LogP contribution in [0.2, 0.25) is 5.15 Å². The van der Waals surface area contributed by atoms with Crippen LogP contribution >= 0.6 is 11.6 Å². The second kappa shape index (κ2) is 6.33. The first-order valence-corrected chi connectivity index (χ1v) is 5.89. The zero-order chi connectivity index (χ0) is 12.8. The average molecular weight is 265 g/mol. The summed E-state index contributed by atoms with van der Waals surface area (Å²) in [6, 6.07) is 9.34. The number of aromatic nitrogens is 2. The number of ether oxygens (including phenoxy) is 2. The Morgan fingerprint density at radius 2 is 1.94 bits per heavy atom. The first-order valence-electron chi connectivity index (χ1n) is 5.51. The Balaban J connectivity index is 2.02. The second-order valence-electron chi connectivity index (χ2n) is 3.67.